The number of hydrazone groups is 1. The third kappa shape index (κ3) is 7.53. The maximum Gasteiger partial charge on any atom is 0.427 e. The van der Waals surface area contributed by atoms with E-state index in [1.807, 2.05) is 0 Å². The summed E-state index contributed by atoms with van der Waals surface area (Å²) in [4.78, 5) is 23.2. The maximum absolute atomic E-state index is 12.8. The van der Waals surface area contributed by atoms with E-state index in [1.54, 1.807) is 19.1 Å². The van der Waals surface area contributed by atoms with Crippen LogP contribution in [-0.4, -0.2) is 38.5 Å². The molecule has 0 aliphatic heterocycles. The number of ether oxygens (including phenoxy) is 3. The van der Waals surface area contributed by atoms with Crippen LogP contribution >= 0.6 is 0 Å². The zero-order valence-electron chi connectivity index (χ0n) is 16.7. The van der Waals surface area contributed by atoms with Crippen LogP contribution in [-0.2, 0) is 15.7 Å². The second-order valence-corrected chi connectivity index (χ2v) is 5.92. The Morgan fingerprint density at radius 2 is 1.90 bits per heavy atom. The van der Waals surface area contributed by atoms with Crippen molar-refractivity contribution in [3.63, 3.8) is 0 Å². The summed E-state index contributed by atoms with van der Waals surface area (Å²) in [5.74, 6) is -0.130. The number of carbonyl (C=O) groups is 2. The van der Waals surface area contributed by atoms with Gasteiger partial charge in [-0.3, -0.25) is 4.79 Å². The van der Waals surface area contributed by atoms with Crippen molar-refractivity contribution >= 4 is 23.9 Å². The van der Waals surface area contributed by atoms with Crippen LogP contribution in [0.5, 0.6) is 11.5 Å². The molecular weight excluding hydrogens is 419 g/mol. The largest absolute Gasteiger partial charge is 0.493 e. The number of nitrogens with zero attached hydrogens (tertiary/aromatic N) is 1. The Morgan fingerprint density at radius 1 is 1.13 bits per heavy atom. The van der Waals surface area contributed by atoms with E-state index in [1.165, 1.54) is 31.5 Å². The lowest BCUT2D eigenvalue weighted by Crippen LogP contribution is -2.20. The van der Waals surface area contributed by atoms with Gasteiger partial charge in [-0.1, -0.05) is 6.07 Å². The van der Waals surface area contributed by atoms with Gasteiger partial charge >= 0.3 is 12.3 Å². The van der Waals surface area contributed by atoms with E-state index >= 15 is 0 Å². The van der Waals surface area contributed by atoms with Gasteiger partial charge in [-0.05, 0) is 48.9 Å². The molecule has 0 saturated heterocycles. The molecule has 0 heterocycles. The minimum atomic E-state index is -4.51. The Morgan fingerprint density at radius 3 is 2.58 bits per heavy atom. The molecule has 2 aromatic rings. The van der Waals surface area contributed by atoms with Crippen molar-refractivity contribution in [2.24, 2.45) is 5.10 Å². The van der Waals surface area contributed by atoms with E-state index < -0.39 is 30.3 Å². The summed E-state index contributed by atoms with van der Waals surface area (Å²) < 4.78 is 53.5. The predicted molar refractivity (Wildman–Crippen MR) is 106 cm³/mol. The fourth-order valence-corrected chi connectivity index (χ4v) is 2.32. The topological polar surface area (TPSA) is 98.3 Å². The lowest BCUT2D eigenvalue weighted by atomic mass is 10.2. The van der Waals surface area contributed by atoms with E-state index in [9.17, 15) is 22.8 Å². The number of amides is 2. The number of methoxy groups -OCH3 is 1. The van der Waals surface area contributed by atoms with Gasteiger partial charge in [0.05, 0.1) is 25.5 Å². The van der Waals surface area contributed by atoms with Gasteiger partial charge < -0.3 is 19.5 Å². The molecule has 0 spiro atoms. The van der Waals surface area contributed by atoms with Crippen LogP contribution in [0.3, 0.4) is 0 Å². The molecule has 0 bridgehead atoms. The minimum absolute atomic E-state index is 0.00366. The van der Waals surface area contributed by atoms with Gasteiger partial charge in [-0.25, -0.2) is 10.2 Å². The van der Waals surface area contributed by atoms with Gasteiger partial charge in [0.15, 0.2) is 18.1 Å². The molecule has 2 amide bonds. The Bertz CT molecular complexity index is 948. The quantitative estimate of drug-likeness (QED) is 0.482. The highest BCUT2D eigenvalue weighted by Gasteiger charge is 2.30. The first-order valence-corrected chi connectivity index (χ1v) is 8.96. The van der Waals surface area contributed by atoms with E-state index in [-0.39, 0.29) is 23.8 Å². The van der Waals surface area contributed by atoms with Crippen LogP contribution in [0.25, 0.3) is 0 Å². The van der Waals surface area contributed by atoms with Crippen LogP contribution in [0.15, 0.2) is 47.6 Å². The molecule has 0 fully saturated rings. The van der Waals surface area contributed by atoms with Gasteiger partial charge in [-0.2, -0.15) is 18.3 Å². The first-order chi connectivity index (χ1) is 14.7. The summed E-state index contributed by atoms with van der Waals surface area (Å²) in [6.07, 6.45) is -3.86. The molecular formula is C20H20F3N3O5. The van der Waals surface area contributed by atoms with Crippen molar-refractivity contribution in [2.75, 3.05) is 25.6 Å². The number of hydrogen-bond donors (Lipinski definition) is 2. The van der Waals surface area contributed by atoms with Crippen molar-refractivity contribution in [1.82, 2.24) is 5.43 Å². The van der Waals surface area contributed by atoms with Crippen molar-refractivity contribution in [3.05, 3.63) is 53.6 Å². The molecule has 0 aromatic heterocycles. The molecule has 11 heteroatoms. The third-order valence-corrected chi connectivity index (χ3v) is 3.66. The maximum atomic E-state index is 12.8. The van der Waals surface area contributed by atoms with Crippen molar-refractivity contribution in [2.45, 2.75) is 13.1 Å². The Kier molecular flexibility index (Phi) is 8.24. The molecule has 31 heavy (non-hydrogen) atoms. The summed E-state index contributed by atoms with van der Waals surface area (Å²) >= 11 is 0. The summed E-state index contributed by atoms with van der Waals surface area (Å²) in [7, 11) is 1.39. The van der Waals surface area contributed by atoms with Crippen molar-refractivity contribution in [3.8, 4) is 11.5 Å². The first-order valence-electron chi connectivity index (χ1n) is 8.96. The molecule has 0 radical (unpaired) electrons. The van der Waals surface area contributed by atoms with Crippen LogP contribution in [0.2, 0.25) is 0 Å². The van der Waals surface area contributed by atoms with Gasteiger partial charge in [0.25, 0.3) is 5.91 Å². The van der Waals surface area contributed by atoms with Crippen LogP contribution in [0, 0.1) is 0 Å². The molecule has 0 saturated carbocycles. The molecule has 0 atom stereocenters. The third-order valence-electron chi connectivity index (χ3n) is 3.66. The van der Waals surface area contributed by atoms with Crippen molar-refractivity contribution < 1.29 is 37.0 Å². The second-order valence-electron chi connectivity index (χ2n) is 5.92. The molecule has 0 unspecified atom stereocenters. The molecule has 0 aliphatic rings. The number of alkyl halides is 3. The van der Waals surface area contributed by atoms with Gasteiger partial charge in [-0.15, -0.1) is 0 Å². The minimum Gasteiger partial charge on any atom is -0.493 e. The van der Waals surface area contributed by atoms with Crippen LogP contribution in [0.4, 0.5) is 23.7 Å². The Hall–Kier alpha value is -3.76. The second kappa shape index (κ2) is 10.9. The van der Waals surface area contributed by atoms with Gasteiger partial charge in [0, 0.05) is 5.69 Å². The molecule has 8 nitrogen and oxygen atoms in total. The summed E-state index contributed by atoms with van der Waals surface area (Å²) in [5.41, 5.74) is 1.86. The predicted octanol–water partition coefficient (Wildman–Crippen LogP) is 3.81. The van der Waals surface area contributed by atoms with E-state index in [2.05, 4.69) is 20.6 Å². The average Bonchev–Trinajstić information content (AvgIpc) is 2.72. The average molecular weight is 439 g/mol. The Balaban J connectivity index is 1.96. The van der Waals surface area contributed by atoms with E-state index in [0.717, 1.165) is 12.1 Å². The van der Waals surface area contributed by atoms with Gasteiger partial charge in [0.1, 0.15) is 0 Å². The number of nitrogens with one attached hydrogen (secondary N) is 2. The lowest BCUT2D eigenvalue weighted by molar-refractivity contribution is -0.137. The fraction of sp³-hybridized carbons (Fsp3) is 0.250. The zero-order chi connectivity index (χ0) is 22.9. The SMILES string of the molecule is CCOC(=O)NN=Cc1ccc(OCC(=O)Nc2cccc(C(F)(F)F)c2)c(OC)c1. The number of halogens is 3. The fourth-order valence-electron chi connectivity index (χ4n) is 2.32. The summed E-state index contributed by atoms with van der Waals surface area (Å²) in [5, 5.41) is 6.06. The summed E-state index contributed by atoms with van der Waals surface area (Å²) in [6.45, 7) is 1.42. The standard InChI is InChI=1S/C20H20F3N3O5/c1-3-30-19(28)26-24-11-13-7-8-16(17(9-13)29-2)31-12-18(27)25-15-6-4-5-14(10-15)20(21,22)23/h4-11H,3,12H2,1-2H3,(H,25,27)(H,26,28). The molecule has 0 aliphatic carbocycles. The van der Waals surface area contributed by atoms with Crippen LogP contribution in [0.1, 0.15) is 18.1 Å². The smallest absolute Gasteiger partial charge is 0.427 e. The first kappa shape index (κ1) is 23.5. The Labute approximate surface area is 176 Å². The molecule has 2 N–H and O–H groups in total. The summed E-state index contributed by atoms with van der Waals surface area (Å²) in [6, 6.07) is 8.93. The van der Waals surface area contributed by atoms with Crippen LogP contribution < -0.4 is 20.2 Å². The normalized spacial score (nSPS) is 11.1. The molecule has 2 rings (SSSR count). The van der Waals surface area contributed by atoms with Crippen molar-refractivity contribution in [1.29, 1.82) is 0 Å². The number of carbonyl (C=O) groups excluding carboxylic acids is 2. The van der Waals surface area contributed by atoms with E-state index in [0.29, 0.717) is 5.56 Å². The van der Waals surface area contributed by atoms with E-state index in [4.69, 9.17) is 9.47 Å². The molecule has 2 aromatic carbocycles. The number of anilines is 1. The zero-order valence-corrected chi connectivity index (χ0v) is 16.7. The highest BCUT2D eigenvalue weighted by atomic mass is 19.4. The molecule has 166 valence electrons. The highest BCUT2D eigenvalue weighted by molar-refractivity contribution is 5.92. The number of rotatable bonds is 8. The highest BCUT2D eigenvalue weighted by Crippen LogP contribution is 2.31. The number of benzene rings is 2. The van der Waals surface area contributed by atoms with Gasteiger partial charge in [0.2, 0.25) is 0 Å². The lowest BCUT2D eigenvalue weighted by Gasteiger charge is -2.12. The number of hydrogen-bond acceptors (Lipinski definition) is 6. The monoisotopic (exact) mass is 439 g/mol.